The highest BCUT2D eigenvalue weighted by Crippen LogP contribution is 2.22. The summed E-state index contributed by atoms with van der Waals surface area (Å²) >= 11 is 0. The predicted octanol–water partition coefficient (Wildman–Crippen LogP) is 1.60. The first-order valence-electron chi connectivity index (χ1n) is 4.66. The molecular weight excluding hydrogens is 194 g/mol. The number of nitrogens with one attached hydrogen (secondary N) is 1. The van der Waals surface area contributed by atoms with E-state index < -0.39 is 5.97 Å². The summed E-state index contributed by atoms with van der Waals surface area (Å²) in [6.45, 7) is 2.68. The number of hydrogen-bond donors (Lipinski definition) is 2. The van der Waals surface area contributed by atoms with Crippen LogP contribution in [0.2, 0.25) is 0 Å². The molecule has 2 aromatic rings. The van der Waals surface area contributed by atoms with Gasteiger partial charge in [-0.25, -0.2) is 4.79 Å². The second-order valence-corrected chi connectivity index (χ2v) is 3.12. The number of aromatic carboxylic acids is 1. The SMILES string of the molecule is CCn1nccc1-c1c[nH]cc1C(=O)O. The number of H-pyrrole nitrogens is 1. The van der Waals surface area contributed by atoms with Crippen molar-refractivity contribution in [3.63, 3.8) is 0 Å². The molecule has 0 saturated heterocycles. The molecule has 78 valence electrons. The second-order valence-electron chi connectivity index (χ2n) is 3.12. The Labute approximate surface area is 86.4 Å². The number of carboxylic acids is 1. The Morgan fingerprint density at radius 1 is 1.60 bits per heavy atom. The molecule has 0 bridgehead atoms. The lowest BCUT2D eigenvalue weighted by Gasteiger charge is -2.03. The summed E-state index contributed by atoms with van der Waals surface area (Å²) < 4.78 is 1.76. The van der Waals surface area contributed by atoms with Crippen LogP contribution in [-0.2, 0) is 6.54 Å². The van der Waals surface area contributed by atoms with E-state index in [4.69, 9.17) is 5.11 Å². The molecule has 0 aromatic carbocycles. The van der Waals surface area contributed by atoms with Crippen molar-refractivity contribution in [3.8, 4) is 11.3 Å². The summed E-state index contributed by atoms with van der Waals surface area (Å²) in [5.41, 5.74) is 1.75. The largest absolute Gasteiger partial charge is 0.478 e. The zero-order chi connectivity index (χ0) is 10.8. The van der Waals surface area contributed by atoms with E-state index in [2.05, 4.69) is 10.1 Å². The summed E-state index contributed by atoms with van der Waals surface area (Å²) in [6.07, 6.45) is 4.81. The smallest absolute Gasteiger partial charge is 0.337 e. The van der Waals surface area contributed by atoms with Gasteiger partial charge in [-0.2, -0.15) is 5.10 Å². The molecule has 2 rings (SSSR count). The van der Waals surface area contributed by atoms with Gasteiger partial charge in [-0.1, -0.05) is 0 Å². The Morgan fingerprint density at radius 2 is 2.40 bits per heavy atom. The van der Waals surface area contributed by atoms with Crippen LogP contribution < -0.4 is 0 Å². The van der Waals surface area contributed by atoms with Gasteiger partial charge in [-0.15, -0.1) is 0 Å². The summed E-state index contributed by atoms with van der Waals surface area (Å²) in [5, 5.41) is 13.1. The number of aromatic amines is 1. The topological polar surface area (TPSA) is 70.9 Å². The third kappa shape index (κ3) is 1.52. The number of hydrogen-bond acceptors (Lipinski definition) is 2. The van der Waals surface area contributed by atoms with Crippen molar-refractivity contribution in [2.24, 2.45) is 0 Å². The molecule has 0 amide bonds. The van der Waals surface area contributed by atoms with Gasteiger partial charge in [-0.05, 0) is 13.0 Å². The van der Waals surface area contributed by atoms with Gasteiger partial charge in [0.1, 0.15) is 0 Å². The van der Waals surface area contributed by atoms with Crippen molar-refractivity contribution in [1.82, 2.24) is 14.8 Å². The summed E-state index contributed by atoms with van der Waals surface area (Å²) in [5.74, 6) is -0.935. The molecule has 0 aliphatic heterocycles. The summed E-state index contributed by atoms with van der Waals surface area (Å²) in [4.78, 5) is 13.7. The number of aryl methyl sites for hydroxylation is 1. The first-order valence-corrected chi connectivity index (χ1v) is 4.66. The molecule has 5 heteroatoms. The van der Waals surface area contributed by atoms with Crippen molar-refractivity contribution in [3.05, 3.63) is 30.2 Å². The van der Waals surface area contributed by atoms with Crippen LogP contribution in [0.1, 0.15) is 17.3 Å². The highest BCUT2D eigenvalue weighted by molar-refractivity contribution is 5.95. The van der Waals surface area contributed by atoms with Crippen LogP contribution in [0.3, 0.4) is 0 Å². The van der Waals surface area contributed by atoms with Gasteiger partial charge in [0.05, 0.1) is 11.3 Å². The van der Waals surface area contributed by atoms with E-state index in [-0.39, 0.29) is 5.56 Å². The van der Waals surface area contributed by atoms with Crippen LogP contribution in [0.5, 0.6) is 0 Å². The molecule has 0 atom stereocenters. The maximum atomic E-state index is 10.9. The molecule has 2 aromatic heterocycles. The second kappa shape index (κ2) is 3.61. The van der Waals surface area contributed by atoms with Gasteiger partial charge in [0.2, 0.25) is 0 Å². The molecule has 15 heavy (non-hydrogen) atoms. The van der Waals surface area contributed by atoms with Crippen molar-refractivity contribution < 1.29 is 9.90 Å². The lowest BCUT2D eigenvalue weighted by atomic mass is 10.1. The minimum atomic E-state index is -0.935. The molecule has 0 fully saturated rings. The fourth-order valence-electron chi connectivity index (χ4n) is 1.57. The number of nitrogens with zero attached hydrogens (tertiary/aromatic N) is 2. The Bertz CT molecular complexity index is 484. The molecule has 2 N–H and O–H groups in total. The Hall–Kier alpha value is -2.04. The Balaban J connectivity index is 2.54. The fourth-order valence-corrected chi connectivity index (χ4v) is 1.57. The van der Waals surface area contributed by atoms with Crippen molar-refractivity contribution in [2.75, 3.05) is 0 Å². The van der Waals surface area contributed by atoms with Gasteiger partial charge >= 0.3 is 5.97 Å². The average molecular weight is 205 g/mol. The number of rotatable bonds is 3. The van der Waals surface area contributed by atoms with E-state index >= 15 is 0 Å². The molecule has 0 aliphatic rings. The third-order valence-electron chi connectivity index (χ3n) is 2.27. The van der Waals surface area contributed by atoms with Crippen LogP contribution in [0.25, 0.3) is 11.3 Å². The molecule has 2 heterocycles. The van der Waals surface area contributed by atoms with Crippen LogP contribution >= 0.6 is 0 Å². The number of aromatic nitrogens is 3. The molecule has 0 radical (unpaired) electrons. The third-order valence-corrected chi connectivity index (χ3v) is 2.27. The van der Waals surface area contributed by atoms with E-state index in [1.54, 1.807) is 23.1 Å². The normalized spacial score (nSPS) is 10.5. The van der Waals surface area contributed by atoms with Crippen LogP contribution in [0.15, 0.2) is 24.7 Å². The van der Waals surface area contributed by atoms with E-state index in [1.165, 1.54) is 6.20 Å². The Morgan fingerprint density at radius 3 is 3.07 bits per heavy atom. The lowest BCUT2D eigenvalue weighted by molar-refractivity contribution is 0.0698. The molecule has 5 nitrogen and oxygen atoms in total. The first-order chi connectivity index (χ1) is 7.24. The highest BCUT2D eigenvalue weighted by atomic mass is 16.4. The molecular formula is C10H11N3O2. The van der Waals surface area contributed by atoms with E-state index in [0.717, 1.165) is 5.69 Å². The van der Waals surface area contributed by atoms with Crippen LogP contribution in [0.4, 0.5) is 0 Å². The Kier molecular flexibility index (Phi) is 2.29. The maximum Gasteiger partial charge on any atom is 0.337 e. The predicted molar refractivity (Wildman–Crippen MR) is 54.6 cm³/mol. The number of carboxylic acid groups (broad SMARTS) is 1. The van der Waals surface area contributed by atoms with Crippen molar-refractivity contribution in [1.29, 1.82) is 0 Å². The monoisotopic (exact) mass is 205 g/mol. The molecule has 0 aliphatic carbocycles. The first kappa shape index (κ1) is 9.51. The maximum absolute atomic E-state index is 10.9. The number of carbonyl (C=O) groups is 1. The highest BCUT2D eigenvalue weighted by Gasteiger charge is 2.15. The van der Waals surface area contributed by atoms with E-state index in [0.29, 0.717) is 12.1 Å². The molecule has 0 unspecified atom stereocenters. The standard InChI is InChI=1S/C10H11N3O2/c1-2-13-9(3-4-12-13)7-5-11-6-8(7)10(14)15/h3-6,11H,2H2,1H3,(H,14,15). The molecule has 0 saturated carbocycles. The summed E-state index contributed by atoms with van der Waals surface area (Å²) in [6, 6.07) is 1.80. The zero-order valence-electron chi connectivity index (χ0n) is 8.27. The summed E-state index contributed by atoms with van der Waals surface area (Å²) in [7, 11) is 0. The quantitative estimate of drug-likeness (QED) is 0.799. The fraction of sp³-hybridized carbons (Fsp3) is 0.200. The minimum Gasteiger partial charge on any atom is -0.478 e. The van der Waals surface area contributed by atoms with Crippen molar-refractivity contribution >= 4 is 5.97 Å². The van der Waals surface area contributed by atoms with Gasteiger partial charge in [0, 0.05) is 30.7 Å². The van der Waals surface area contributed by atoms with Gasteiger partial charge < -0.3 is 10.1 Å². The average Bonchev–Trinajstić information content (AvgIpc) is 2.85. The van der Waals surface area contributed by atoms with Crippen molar-refractivity contribution in [2.45, 2.75) is 13.5 Å². The van der Waals surface area contributed by atoms with Crippen LogP contribution in [-0.4, -0.2) is 25.8 Å². The lowest BCUT2D eigenvalue weighted by Crippen LogP contribution is -2.02. The van der Waals surface area contributed by atoms with Gasteiger partial charge in [-0.3, -0.25) is 4.68 Å². The van der Waals surface area contributed by atoms with Gasteiger partial charge in [0.15, 0.2) is 0 Å². The minimum absolute atomic E-state index is 0.269. The van der Waals surface area contributed by atoms with Gasteiger partial charge in [0.25, 0.3) is 0 Å². The van der Waals surface area contributed by atoms with Crippen LogP contribution in [0, 0.1) is 0 Å². The zero-order valence-corrected chi connectivity index (χ0v) is 8.27. The van der Waals surface area contributed by atoms with E-state index in [1.807, 2.05) is 6.92 Å². The van der Waals surface area contributed by atoms with E-state index in [9.17, 15) is 4.79 Å². The molecule has 0 spiro atoms.